The number of rotatable bonds is 8. The Labute approximate surface area is 112 Å². The molecule has 1 fully saturated rings. The number of hydrogen-bond acceptors (Lipinski definition) is 1. The summed E-state index contributed by atoms with van der Waals surface area (Å²) in [4.78, 5) is 13.5. The van der Waals surface area contributed by atoms with Gasteiger partial charge in [0.1, 0.15) is 0 Å². The van der Waals surface area contributed by atoms with E-state index >= 15 is 0 Å². The average molecular weight is 249 g/mol. The molecule has 2 heteroatoms. The highest BCUT2D eigenvalue weighted by molar-refractivity contribution is 5.51. The second kappa shape index (κ2) is 7.40. The molecule has 18 heavy (non-hydrogen) atoms. The van der Waals surface area contributed by atoms with Crippen molar-refractivity contribution >= 4 is 6.41 Å². The van der Waals surface area contributed by atoms with Crippen LogP contribution in [0.15, 0.2) is 25.3 Å². The highest BCUT2D eigenvalue weighted by Gasteiger charge is 2.40. The van der Waals surface area contributed by atoms with Crippen molar-refractivity contribution in [3.05, 3.63) is 25.3 Å². The zero-order valence-corrected chi connectivity index (χ0v) is 11.7. The summed E-state index contributed by atoms with van der Waals surface area (Å²) >= 11 is 0. The molecule has 1 saturated heterocycles. The third-order valence-electron chi connectivity index (χ3n) is 4.20. The molecule has 1 rings (SSSR count). The maximum absolute atomic E-state index is 11.5. The summed E-state index contributed by atoms with van der Waals surface area (Å²) in [6.07, 6.45) is 13.9. The highest BCUT2D eigenvalue weighted by Crippen LogP contribution is 2.38. The minimum Gasteiger partial charge on any atom is -0.333 e. The first-order valence-electron chi connectivity index (χ1n) is 7.21. The summed E-state index contributed by atoms with van der Waals surface area (Å²) in [6, 6.07) is 0.206. The number of carbonyl (C=O) groups excluding carboxylic acids is 1. The summed E-state index contributed by atoms with van der Waals surface area (Å²) in [5, 5.41) is 0. The van der Waals surface area contributed by atoms with Crippen molar-refractivity contribution in [3.8, 4) is 0 Å². The molecule has 102 valence electrons. The van der Waals surface area contributed by atoms with Crippen LogP contribution in [-0.2, 0) is 4.79 Å². The summed E-state index contributed by atoms with van der Waals surface area (Å²) < 4.78 is 0. The van der Waals surface area contributed by atoms with Gasteiger partial charge < -0.3 is 4.90 Å². The van der Waals surface area contributed by atoms with Gasteiger partial charge >= 0.3 is 0 Å². The summed E-state index contributed by atoms with van der Waals surface area (Å²) in [7, 11) is 0. The van der Waals surface area contributed by atoms with E-state index in [9.17, 15) is 4.79 Å². The van der Waals surface area contributed by atoms with Crippen molar-refractivity contribution in [2.45, 2.75) is 69.9 Å². The van der Waals surface area contributed by atoms with Crippen LogP contribution < -0.4 is 0 Å². The lowest BCUT2D eigenvalue weighted by Gasteiger charge is -2.49. The number of likely N-dealkylation sites (tertiary alicyclic amines) is 1. The first-order valence-corrected chi connectivity index (χ1v) is 7.21. The summed E-state index contributed by atoms with van der Waals surface area (Å²) in [5.41, 5.74) is -0.00419. The van der Waals surface area contributed by atoms with Crippen LogP contribution in [0.1, 0.15) is 58.3 Å². The predicted octanol–water partition coefficient (Wildman–Crippen LogP) is 4.08. The van der Waals surface area contributed by atoms with Crippen LogP contribution in [0.5, 0.6) is 0 Å². The minimum atomic E-state index is -0.00419. The van der Waals surface area contributed by atoms with E-state index in [2.05, 4.69) is 20.1 Å². The molecule has 0 saturated carbocycles. The monoisotopic (exact) mass is 249 g/mol. The molecule has 0 aliphatic carbocycles. The number of hydrogen-bond donors (Lipinski definition) is 0. The predicted molar refractivity (Wildman–Crippen MR) is 77.4 cm³/mol. The van der Waals surface area contributed by atoms with Crippen molar-refractivity contribution in [3.63, 3.8) is 0 Å². The maximum atomic E-state index is 11.5. The SMILES string of the molecule is C=CC[C@@]1(CCCCC)CCC[C@@H](C=C)N1C=O. The third kappa shape index (κ3) is 3.24. The molecule has 2 atom stereocenters. The molecule has 0 unspecified atom stereocenters. The normalized spacial score (nSPS) is 27.8. The van der Waals surface area contributed by atoms with Gasteiger partial charge in [-0.15, -0.1) is 13.2 Å². The second-order valence-electron chi connectivity index (χ2n) is 5.38. The zero-order chi connectivity index (χ0) is 13.4. The van der Waals surface area contributed by atoms with Crippen LogP contribution in [0.25, 0.3) is 0 Å². The van der Waals surface area contributed by atoms with E-state index in [1.165, 1.54) is 25.7 Å². The van der Waals surface area contributed by atoms with Crippen LogP contribution in [0.4, 0.5) is 0 Å². The fourth-order valence-corrected chi connectivity index (χ4v) is 3.22. The minimum absolute atomic E-state index is 0.00419. The lowest BCUT2D eigenvalue weighted by molar-refractivity contribution is -0.129. The van der Waals surface area contributed by atoms with E-state index in [0.717, 1.165) is 32.1 Å². The van der Waals surface area contributed by atoms with Gasteiger partial charge in [-0.25, -0.2) is 0 Å². The van der Waals surface area contributed by atoms with Crippen molar-refractivity contribution in [1.82, 2.24) is 4.90 Å². The molecule has 2 nitrogen and oxygen atoms in total. The number of unbranched alkanes of at least 4 members (excludes halogenated alkanes) is 2. The number of carbonyl (C=O) groups is 1. The summed E-state index contributed by atoms with van der Waals surface area (Å²) in [6.45, 7) is 9.97. The Morgan fingerprint density at radius 1 is 1.39 bits per heavy atom. The number of nitrogens with zero attached hydrogens (tertiary/aromatic N) is 1. The van der Waals surface area contributed by atoms with E-state index in [0.29, 0.717) is 0 Å². The molecule has 0 aromatic rings. The van der Waals surface area contributed by atoms with Crippen LogP contribution in [-0.4, -0.2) is 22.9 Å². The van der Waals surface area contributed by atoms with E-state index in [1.807, 2.05) is 17.1 Å². The Morgan fingerprint density at radius 2 is 2.17 bits per heavy atom. The third-order valence-corrected chi connectivity index (χ3v) is 4.20. The van der Waals surface area contributed by atoms with E-state index in [1.54, 1.807) is 0 Å². The Hall–Kier alpha value is -1.05. The molecular formula is C16H27NO. The lowest BCUT2D eigenvalue weighted by Crippen LogP contribution is -2.55. The smallest absolute Gasteiger partial charge is 0.210 e. The van der Waals surface area contributed by atoms with Gasteiger partial charge in [0, 0.05) is 5.54 Å². The first-order chi connectivity index (χ1) is 8.74. The Balaban J connectivity index is 2.85. The second-order valence-corrected chi connectivity index (χ2v) is 5.38. The van der Waals surface area contributed by atoms with Crippen LogP contribution in [0.2, 0.25) is 0 Å². The van der Waals surface area contributed by atoms with Gasteiger partial charge in [0.15, 0.2) is 0 Å². The quantitative estimate of drug-likeness (QED) is 0.360. The Kier molecular flexibility index (Phi) is 6.17. The molecule has 0 N–H and O–H groups in total. The Morgan fingerprint density at radius 3 is 2.72 bits per heavy atom. The topological polar surface area (TPSA) is 20.3 Å². The van der Waals surface area contributed by atoms with E-state index in [-0.39, 0.29) is 11.6 Å². The number of piperidine rings is 1. The van der Waals surface area contributed by atoms with Crippen molar-refractivity contribution in [1.29, 1.82) is 0 Å². The standard InChI is InChI=1S/C16H27NO/c1-4-7-8-12-16(11-5-2)13-9-10-15(6-3)17(16)14-18/h5-6,14-15H,2-4,7-13H2,1H3/t15-,16-/m1/s1. The van der Waals surface area contributed by atoms with Crippen molar-refractivity contribution in [2.75, 3.05) is 0 Å². The molecule has 0 aromatic heterocycles. The molecule has 1 aliphatic rings. The molecule has 0 bridgehead atoms. The highest BCUT2D eigenvalue weighted by atomic mass is 16.1. The molecule has 1 amide bonds. The van der Waals surface area contributed by atoms with E-state index < -0.39 is 0 Å². The van der Waals surface area contributed by atoms with Gasteiger partial charge in [-0.3, -0.25) is 4.79 Å². The van der Waals surface area contributed by atoms with Crippen LogP contribution in [0, 0.1) is 0 Å². The molecule has 0 aromatic carbocycles. The molecule has 0 spiro atoms. The molecular weight excluding hydrogens is 222 g/mol. The number of amides is 1. The molecule has 1 aliphatic heterocycles. The molecule has 1 heterocycles. The lowest BCUT2D eigenvalue weighted by atomic mass is 9.77. The van der Waals surface area contributed by atoms with Gasteiger partial charge in [-0.2, -0.15) is 0 Å². The van der Waals surface area contributed by atoms with Gasteiger partial charge in [-0.1, -0.05) is 38.3 Å². The zero-order valence-electron chi connectivity index (χ0n) is 11.7. The maximum Gasteiger partial charge on any atom is 0.210 e. The van der Waals surface area contributed by atoms with Crippen molar-refractivity contribution in [2.24, 2.45) is 0 Å². The average Bonchev–Trinajstić information content (AvgIpc) is 2.39. The van der Waals surface area contributed by atoms with Crippen LogP contribution >= 0.6 is 0 Å². The van der Waals surface area contributed by atoms with Gasteiger partial charge in [0.25, 0.3) is 0 Å². The fraction of sp³-hybridized carbons (Fsp3) is 0.688. The fourth-order valence-electron chi connectivity index (χ4n) is 3.22. The Bertz CT molecular complexity index is 287. The largest absolute Gasteiger partial charge is 0.333 e. The van der Waals surface area contributed by atoms with Gasteiger partial charge in [0.05, 0.1) is 6.04 Å². The van der Waals surface area contributed by atoms with E-state index in [4.69, 9.17) is 0 Å². The van der Waals surface area contributed by atoms with Gasteiger partial charge in [0.2, 0.25) is 6.41 Å². The van der Waals surface area contributed by atoms with Crippen molar-refractivity contribution < 1.29 is 4.79 Å². The first kappa shape index (κ1) is 15.0. The molecule has 0 radical (unpaired) electrons. The van der Waals surface area contributed by atoms with Gasteiger partial charge in [-0.05, 0) is 32.1 Å². The summed E-state index contributed by atoms with van der Waals surface area (Å²) in [5.74, 6) is 0. The van der Waals surface area contributed by atoms with Crippen LogP contribution in [0.3, 0.4) is 0 Å².